The van der Waals surface area contributed by atoms with Gasteiger partial charge in [0.25, 0.3) is 0 Å². The molecule has 0 aliphatic rings. The van der Waals surface area contributed by atoms with Crippen LogP contribution in [0.5, 0.6) is 0 Å². The van der Waals surface area contributed by atoms with Crippen molar-refractivity contribution in [3.63, 3.8) is 0 Å². The number of carbonyl (C=O) groups is 1. The molecule has 1 heterocycles. The van der Waals surface area contributed by atoms with Crippen molar-refractivity contribution in [2.75, 3.05) is 5.32 Å². The fourth-order valence-corrected chi connectivity index (χ4v) is 2.33. The first-order chi connectivity index (χ1) is 10.1. The van der Waals surface area contributed by atoms with Gasteiger partial charge in [-0.15, -0.1) is 0 Å². The lowest BCUT2D eigenvalue weighted by molar-refractivity contribution is 0.0697. The zero-order chi connectivity index (χ0) is 14.8. The summed E-state index contributed by atoms with van der Waals surface area (Å²) in [6.45, 7) is 0. The number of hydrogen-bond acceptors (Lipinski definition) is 3. The number of nitrogens with one attached hydrogen (secondary N) is 1. The van der Waals surface area contributed by atoms with E-state index in [2.05, 4.69) is 10.3 Å². The van der Waals surface area contributed by atoms with E-state index in [0.29, 0.717) is 10.7 Å². The van der Waals surface area contributed by atoms with Crippen LogP contribution >= 0.6 is 11.6 Å². The van der Waals surface area contributed by atoms with Gasteiger partial charge in [0.1, 0.15) is 0 Å². The zero-order valence-electron chi connectivity index (χ0n) is 10.9. The summed E-state index contributed by atoms with van der Waals surface area (Å²) in [7, 11) is 0. The molecular formula is C16H11ClN2O2. The number of aromatic carboxylic acids is 1. The molecule has 0 saturated carbocycles. The van der Waals surface area contributed by atoms with Crippen molar-refractivity contribution in [1.82, 2.24) is 4.98 Å². The lowest BCUT2D eigenvalue weighted by Gasteiger charge is -2.11. The highest BCUT2D eigenvalue weighted by Crippen LogP contribution is 2.29. The Morgan fingerprint density at radius 1 is 1.10 bits per heavy atom. The predicted molar refractivity (Wildman–Crippen MR) is 83.4 cm³/mol. The summed E-state index contributed by atoms with van der Waals surface area (Å²) in [4.78, 5) is 15.2. The van der Waals surface area contributed by atoms with E-state index >= 15 is 0 Å². The topological polar surface area (TPSA) is 62.2 Å². The van der Waals surface area contributed by atoms with E-state index in [9.17, 15) is 4.79 Å². The Morgan fingerprint density at radius 3 is 2.67 bits per heavy atom. The molecule has 3 aromatic rings. The number of nitrogens with zero attached hydrogens (tertiary/aromatic N) is 1. The van der Waals surface area contributed by atoms with E-state index in [1.807, 2.05) is 30.3 Å². The van der Waals surface area contributed by atoms with Gasteiger partial charge in [-0.3, -0.25) is 4.98 Å². The molecule has 1 aromatic heterocycles. The Hall–Kier alpha value is -2.59. The number of para-hydroxylation sites is 1. The molecule has 0 bridgehead atoms. The van der Waals surface area contributed by atoms with Gasteiger partial charge >= 0.3 is 5.97 Å². The van der Waals surface area contributed by atoms with Gasteiger partial charge in [-0.1, -0.05) is 29.8 Å². The fourth-order valence-electron chi connectivity index (χ4n) is 2.10. The molecule has 0 aliphatic carbocycles. The number of carboxylic acids is 1. The standard InChI is InChI=1S/C16H11ClN2O2/c17-12-9-10(16(20)21)5-6-15(12)19-14-7-8-18-13-4-2-1-3-11(13)14/h1-9H,(H,18,19)(H,20,21). The Morgan fingerprint density at radius 2 is 1.90 bits per heavy atom. The number of aromatic nitrogens is 1. The molecule has 0 amide bonds. The third-order valence-corrected chi connectivity index (χ3v) is 3.45. The van der Waals surface area contributed by atoms with Crippen LogP contribution in [0.3, 0.4) is 0 Å². The van der Waals surface area contributed by atoms with Crippen LogP contribution in [0.4, 0.5) is 11.4 Å². The number of fused-ring (bicyclic) bond motifs is 1. The first-order valence-corrected chi connectivity index (χ1v) is 6.66. The lowest BCUT2D eigenvalue weighted by atomic mass is 10.1. The molecule has 2 aromatic carbocycles. The first kappa shape index (κ1) is 13.4. The molecule has 0 fully saturated rings. The second-order valence-corrected chi connectivity index (χ2v) is 4.91. The van der Waals surface area contributed by atoms with Gasteiger partial charge < -0.3 is 10.4 Å². The van der Waals surface area contributed by atoms with E-state index < -0.39 is 5.97 Å². The number of benzene rings is 2. The smallest absolute Gasteiger partial charge is 0.335 e. The van der Waals surface area contributed by atoms with Crippen LogP contribution < -0.4 is 5.32 Å². The summed E-state index contributed by atoms with van der Waals surface area (Å²) >= 11 is 6.13. The summed E-state index contributed by atoms with van der Waals surface area (Å²) < 4.78 is 0. The zero-order valence-corrected chi connectivity index (χ0v) is 11.6. The molecule has 0 saturated heterocycles. The van der Waals surface area contributed by atoms with Crippen molar-refractivity contribution in [2.45, 2.75) is 0 Å². The highest BCUT2D eigenvalue weighted by atomic mass is 35.5. The molecule has 0 atom stereocenters. The number of carboxylic acid groups (broad SMARTS) is 1. The summed E-state index contributed by atoms with van der Waals surface area (Å²) in [6.07, 6.45) is 1.71. The Balaban J connectivity index is 2.01. The van der Waals surface area contributed by atoms with Crippen LogP contribution in [0.25, 0.3) is 10.9 Å². The lowest BCUT2D eigenvalue weighted by Crippen LogP contribution is -1.98. The highest BCUT2D eigenvalue weighted by Gasteiger charge is 2.08. The maximum Gasteiger partial charge on any atom is 0.335 e. The van der Waals surface area contributed by atoms with E-state index in [4.69, 9.17) is 16.7 Å². The summed E-state index contributed by atoms with van der Waals surface area (Å²) in [5, 5.41) is 13.5. The Labute approximate surface area is 126 Å². The Kier molecular flexibility index (Phi) is 3.46. The van der Waals surface area contributed by atoms with Crippen molar-refractivity contribution in [2.24, 2.45) is 0 Å². The van der Waals surface area contributed by atoms with Crippen molar-refractivity contribution in [3.8, 4) is 0 Å². The third-order valence-electron chi connectivity index (χ3n) is 3.13. The summed E-state index contributed by atoms with van der Waals surface area (Å²) in [5.41, 5.74) is 2.55. The molecular weight excluding hydrogens is 288 g/mol. The van der Waals surface area contributed by atoms with Gasteiger partial charge in [0, 0.05) is 17.3 Å². The van der Waals surface area contributed by atoms with Gasteiger partial charge in [-0.25, -0.2) is 4.79 Å². The second kappa shape index (κ2) is 5.42. The van der Waals surface area contributed by atoms with Crippen LogP contribution in [0.1, 0.15) is 10.4 Å². The average molecular weight is 299 g/mol. The maximum atomic E-state index is 10.9. The number of rotatable bonds is 3. The molecule has 21 heavy (non-hydrogen) atoms. The van der Waals surface area contributed by atoms with Gasteiger partial charge in [0.05, 0.1) is 21.8 Å². The van der Waals surface area contributed by atoms with Crippen LogP contribution in [-0.4, -0.2) is 16.1 Å². The fraction of sp³-hybridized carbons (Fsp3) is 0. The number of anilines is 2. The number of pyridine rings is 1. The van der Waals surface area contributed by atoms with E-state index in [1.165, 1.54) is 12.1 Å². The van der Waals surface area contributed by atoms with Crippen LogP contribution in [0, 0.1) is 0 Å². The van der Waals surface area contributed by atoms with Crippen molar-refractivity contribution < 1.29 is 9.90 Å². The minimum atomic E-state index is -1.00. The SMILES string of the molecule is O=C(O)c1ccc(Nc2ccnc3ccccc23)c(Cl)c1. The molecule has 0 radical (unpaired) electrons. The normalized spacial score (nSPS) is 10.5. The monoisotopic (exact) mass is 298 g/mol. The van der Waals surface area contributed by atoms with E-state index in [0.717, 1.165) is 16.6 Å². The average Bonchev–Trinajstić information content (AvgIpc) is 2.49. The number of halogens is 1. The molecule has 0 aliphatic heterocycles. The van der Waals surface area contributed by atoms with Crippen molar-refractivity contribution in [1.29, 1.82) is 0 Å². The van der Waals surface area contributed by atoms with E-state index in [1.54, 1.807) is 12.3 Å². The summed E-state index contributed by atoms with van der Waals surface area (Å²) in [6, 6.07) is 14.2. The van der Waals surface area contributed by atoms with Gasteiger partial charge in [-0.05, 0) is 30.3 Å². The van der Waals surface area contributed by atoms with Gasteiger partial charge in [-0.2, -0.15) is 0 Å². The van der Waals surface area contributed by atoms with Crippen LogP contribution in [0.2, 0.25) is 5.02 Å². The largest absolute Gasteiger partial charge is 0.478 e. The molecule has 3 rings (SSSR count). The van der Waals surface area contributed by atoms with Crippen LogP contribution in [0.15, 0.2) is 54.7 Å². The molecule has 0 unspecified atom stereocenters. The highest BCUT2D eigenvalue weighted by molar-refractivity contribution is 6.33. The van der Waals surface area contributed by atoms with Crippen LogP contribution in [-0.2, 0) is 0 Å². The predicted octanol–water partition coefficient (Wildman–Crippen LogP) is 4.33. The molecule has 5 heteroatoms. The third kappa shape index (κ3) is 2.66. The van der Waals surface area contributed by atoms with Gasteiger partial charge in [0.2, 0.25) is 0 Å². The van der Waals surface area contributed by atoms with Crippen molar-refractivity contribution in [3.05, 3.63) is 65.3 Å². The summed E-state index contributed by atoms with van der Waals surface area (Å²) in [5.74, 6) is -1.00. The molecule has 4 nitrogen and oxygen atoms in total. The minimum absolute atomic E-state index is 0.158. The van der Waals surface area contributed by atoms with Crippen molar-refractivity contribution >= 4 is 39.8 Å². The molecule has 0 spiro atoms. The van der Waals surface area contributed by atoms with Gasteiger partial charge in [0.15, 0.2) is 0 Å². The molecule has 104 valence electrons. The number of hydrogen-bond donors (Lipinski definition) is 2. The maximum absolute atomic E-state index is 10.9. The quantitative estimate of drug-likeness (QED) is 0.755. The first-order valence-electron chi connectivity index (χ1n) is 6.29. The molecule has 2 N–H and O–H groups in total. The van der Waals surface area contributed by atoms with E-state index in [-0.39, 0.29) is 5.56 Å². The second-order valence-electron chi connectivity index (χ2n) is 4.50. The Bertz CT molecular complexity index is 828. The minimum Gasteiger partial charge on any atom is -0.478 e.